The molecule has 2 aromatic carbocycles. The van der Waals surface area contributed by atoms with Gasteiger partial charge in [0, 0.05) is 16.1 Å². The maximum atomic E-state index is 12.9. The molecule has 25 heavy (non-hydrogen) atoms. The highest BCUT2D eigenvalue weighted by Crippen LogP contribution is 2.26. The van der Waals surface area contributed by atoms with E-state index in [1.54, 1.807) is 35.9 Å². The van der Waals surface area contributed by atoms with Crippen molar-refractivity contribution in [3.63, 3.8) is 0 Å². The topological polar surface area (TPSA) is 34.9 Å². The maximum absolute atomic E-state index is 12.9. The first-order valence-corrected chi connectivity index (χ1v) is 8.20. The second kappa shape index (κ2) is 7.21. The first kappa shape index (κ1) is 17.4. The molecule has 0 amide bonds. The summed E-state index contributed by atoms with van der Waals surface area (Å²) >= 11 is 12.4. The molecule has 0 N–H and O–H groups in total. The minimum Gasteiger partial charge on any atom is -0.289 e. The highest BCUT2D eigenvalue weighted by Gasteiger charge is 2.13. The average Bonchev–Trinajstić information content (AvgIpc) is 2.88. The normalized spacial score (nSPS) is 11.2. The number of hydrogen-bond acceptors (Lipinski definition) is 2. The van der Waals surface area contributed by atoms with Gasteiger partial charge in [-0.15, -0.1) is 0 Å². The number of carbonyl (C=O) groups is 1. The number of halogens is 3. The maximum Gasteiger partial charge on any atom is 0.185 e. The lowest BCUT2D eigenvalue weighted by Crippen LogP contribution is -1.96. The first-order chi connectivity index (χ1) is 12.0. The average molecular weight is 375 g/mol. The molecular formula is C19H13Cl2FN2O. The molecule has 3 nitrogen and oxygen atoms in total. The van der Waals surface area contributed by atoms with Gasteiger partial charge in [-0.3, -0.25) is 4.79 Å². The van der Waals surface area contributed by atoms with Gasteiger partial charge in [0.25, 0.3) is 0 Å². The van der Waals surface area contributed by atoms with Gasteiger partial charge in [-0.2, -0.15) is 5.10 Å². The Bertz CT molecular complexity index is 962. The van der Waals surface area contributed by atoms with Gasteiger partial charge in [0.15, 0.2) is 5.78 Å². The molecule has 0 fully saturated rings. The van der Waals surface area contributed by atoms with E-state index in [2.05, 4.69) is 5.10 Å². The molecule has 0 bridgehead atoms. The molecular weight excluding hydrogens is 362 g/mol. The summed E-state index contributed by atoms with van der Waals surface area (Å²) in [6.45, 7) is 1.80. The third-order valence-electron chi connectivity index (χ3n) is 3.63. The number of hydrogen-bond donors (Lipinski definition) is 0. The molecule has 0 spiro atoms. The number of rotatable bonds is 4. The third-order valence-corrected chi connectivity index (χ3v) is 4.23. The lowest BCUT2D eigenvalue weighted by atomic mass is 10.1. The molecule has 0 aliphatic heterocycles. The summed E-state index contributed by atoms with van der Waals surface area (Å²) in [7, 11) is 0. The van der Waals surface area contributed by atoms with E-state index < -0.39 is 0 Å². The van der Waals surface area contributed by atoms with Crippen molar-refractivity contribution in [2.45, 2.75) is 6.92 Å². The van der Waals surface area contributed by atoms with Crippen LogP contribution in [0.5, 0.6) is 0 Å². The highest BCUT2D eigenvalue weighted by atomic mass is 35.5. The third kappa shape index (κ3) is 3.81. The van der Waals surface area contributed by atoms with Crippen molar-refractivity contribution in [2.24, 2.45) is 0 Å². The SMILES string of the molecule is Cc1nn(-c2cccc(Cl)c2)c(Cl)c1/C=C/C(=O)c1ccc(F)cc1. The van der Waals surface area contributed by atoms with E-state index in [9.17, 15) is 9.18 Å². The fourth-order valence-corrected chi connectivity index (χ4v) is 2.87. The summed E-state index contributed by atoms with van der Waals surface area (Å²) in [6.07, 6.45) is 3.00. The molecule has 0 saturated carbocycles. The standard InChI is InChI=1S/C19H13Cl2FN2O/c1-12-17(9-10-18(25)13-5-7-15(22)8-6-13)19(21)24(23-12)16-4-2-3-14(20)11-16/h2-11H,1H3/b10-9+. The Balaban J connectivity index is 1.90. The Morgan fingerprint density at radius 3 is 2.56 bits per heavy atom. The Morgan fingerprint density at radius 1 is 1.16 bits per heavy atom. The monoisotopic (exact) mass is 374 g/mol. The number of aryl methyl sites for hydroxylation is 1. The molecule has 0 atom stereocenters. The van der Waals surface area contributed by atoms with Crippen LogP contribution >= 0.6 is 23.2 Å². The van der Waals surface area contributed by atoms with Crippen LogP contribution < -0.4 is 0 Å². The number of carbonyl (C=O) groups excluding carboxylic acids is 1. The van der Waals surface area contributed by atoms with Gasteiger partial charge in [-0.1, -0.05) is 29.3 Å². The second-order valence-corrected chi connectivity index (χ2v) is 6.18. The van der Waals surface area contributed by atoms with Crippen molar-refractivity contribution in [3.8, 4) is 5.69 Å². The van der Waals surface area contributed by atoms with Gasteiger partial charge in [0.1, 0.15) is 11.0 Å². The quantitative estimate of drug-likeness (QED) is 0.444. The van der Waals surface area contributed by atoms with E-state index in [1.165, 1.54) is 30.3 Å². The molecule has 3 aromatic rings. The lowest BCUT2D eigenvalue weighted by molar-refractivity contribution is 0.104. The van der Waals surface area contributed by atoms with Gasteiger partial charge in [-0.05, 0) is 61.5 Å². The van der Waals surface area contributed by atoms with Crippen LogP contribution in [0.4, 0.5) is 4.39 Å². The van der Waals surface area contributed by atoms with Gasteiger partial charge in [-0.25, -0.2) is 9.07 Å². The molecule has 0 saturated heterocycles. The van der Waals surface area contributed by atoms with Crippen LogP contribution in [-0.2, 0) is 0 Å². The summed E-state index contributed by atoms with van der Waals surface area (Å²) in [5.74, 6) is -0.631. The zero-order chi connectivity index (χ0) is 18.0. The van der Waals surface area contributed by atoms with E-state index in [0.717, 1.165) is 5.69 Å². The lowest BCUT2D eigenvalue weighted by Gasteiger charge is -2.03. The van der Waals surface area contributed by atoms with E-state index in [-0.39, 0.29) is 11.6 Å². The van der Waals surface area contributed by atoms with Crippen molar-refractivity contribution in [3.05, 3.63) is 87.4 Å². The predicted octanol–water partition coefficient (Wildman–Crippen LogP) is 5.52. The molecule has 0 aliphatic carbocycles. The van der Waals surface area contributed by atoms with E-state index in [4.69, 9.17) is 23.2 Å². The predicted molar refractivity (Wildman–Crippen MR) is 98.1 cm³/mol. The number of ketones is 1. The smallest absolute Gasteiger partial charge is 0.185 e. The number of benzene rings is 2. The van der Waals surface area contributed by atoms with Gasteiger partial charge in [0.2, 0.25) is 0 Å². The van der Waals surface area contributed by atoms with Crippen molar-refractivity contribution in [1.29, 1.82) is 0 Å². The zero-order valence-corrected chi connectivity index (χ0v) is 14.7. The second-order valence-electron chi connectivity index (χ2n) is 5.39. The minimum atomic E-state index is -0.387. The van der Waals surface area contributed by atoms with Crippen LogP contribution in [-0.4, -0.2) is 15.6 Å². The largest absolute Gasteiger partial charge is 0.289 e. The summed E-state index contributed by atoms with van der Waals surface area (Å²) in [4.78, 5) is 12.2. The van der Waals surface area contributed by atoms with Gasteiger partial charge >= 0.3 is 0 Å². The fourth-order valence-electron chi connectivity index (χ4n) is 2.35. The van der Waals surface area contributed by atoms with Gasteiger partial charge in [0.05, 0.1) is 11.4 Å². The molecule has 0 radical (unpaired) electrons. The van der Waals surface area contributed by atoms with Crippen LogP contribution in [0, 0.1) is 12.7 Å². The van der Waals surface area contributed by atoms with Crippen LogP contribution in [0.25, 0.3) is 11.8 Å². The van der Waals surface area contributed by atoms with Crippen molar-refractivity contribution < 1.29 is 9.18 Å². The molecule has 1 aromatic heterocycles. The molecule has 126 valence electrons. The Labute approximate surface area is 154 Å². The number of allylic oxidation sites excluding steroid dienone is 1. The Hall–Kier alpha value is -2.43. The molecule has 0 aliphatic rings. The Morgan fingerprint density at radius 2 is 1.88 bits per heavy atom. The van der Waals surface area contributed by atoms with E-state index >= 15 is 0 Å². The number of aromatic nitrogens is 2. The summed E-state index contributed by atoms with van der Waals surface area (Å²) < 4.78 is 14.5. The molecule has 0 unspecified atom stereocenters. The van der Waals surface area contributed by atoms with Crippen LogP contribution in [0.3, 0.4) is 0 Å². The Kier molecular flexibility index (Phi) is 5.02. The van der Waals surface area contributed by atoms with Crippen LogP contribution in [0.1, 0.15) is 21.6 Å². The molecule has 3 rings (SSSR count). The summed E-state index contributed by atoms with van der Waals surface area (Å²) in [5, 5.41) is 5.35. The zero-order valence-electron chi connectivity index (χ0n) is 13.2. The number of nitrogens with zero attached hydrogens (tertiary/aromatic N) is 2. The van der Waals surface area contributed by atoms with E-state index in [1.807, 2.05) is 6.07 Å². The minimum absolute atomic E-state index is 0.244. The van der Waals surface area contributed by atoms with Crippen molar-refractivity contribution in [1.82, 2.24) is 9.78 Å². The van der Waals surface area contributed by atoms with Crippen molar-refractivity contribution >= 4 is 35.1 Å². The first-order valence-electron chi connectivity index (χ1n) is 7.45. The van der Waals surface area contributed by atoms with Crippen molar-refractivity contribution in [2.75, 3.05) is 0 Å². The van der Waals surface area contributed by atoms with E-state index in [0.29, 0.717) is 27.0 Å². The van der Waals surface area contributed by atoms with Crippen LogP contribution in [0.2, 0.25) is 10.2 Å². The molecule has 6 heteroatoms. The fraction of sp³-hybridized carbons (Fsp3) is 0.0526. The molecule has 1 heterocycles. The highest BCUT2D eigenvalue weighted by molar-refractivity contribution is 6.32. The summed E-state index contributed by atoms with van der Waals surface area (Å²) in [6, 6.07) is 12.5. The van der Waals surface area contributed by atoms with Crippen LogP contribution in [0.15, 0.2) is 54.6 Å². The summed E-state index contributed by atoms with van der Waals surface area (Å²) in [5.41, 5.74) is 2.43. The van der Waals surface area contributed by atoms with Gasteiger partial charge < -0.3 is 0 Å².